The van der Waals surface area contributed by atoms with Gasteiger partial charge in [-0.05, 0) is 42.3 Å². The molecule has 2 aromatic carbocycles. The van der Waals surface area contributed by atoms with Gasteiger partial charge >= 0.3 is 0 Å². The van der Waals surface area contributed by atoms with E-state index in [2.05, 4.69) is 6.58 Å². The van der Waals surface area contributed by atoms with E-state index in [0.29, 0.717) is 28.0 Å². The molecule has 0 saturated heterocycles. The van der Waals surface area contributed by atoms with Gasteiger partial charge in [0, 0.05) is 17.1 Å². The number of benzene rings is 2. The summed E-state index contributed by atoms with van der Waals surface area (Å²) in [6.07, 6.45) is 2.29. The Balaban J connectivity index is 2.16. The van der Waals surface area contributed by atoms with Crippen molar-refractivity contribution in [1.29, 1.82) is 0 Å². The molecule has 134 valence electrons. The monoisotopic (exact) mass is 387 g/mol. The summed E-state index contributed by atoms with van der Waals surface area (Å²) in [5.74, 6) is 0. The molecule has 1 heterocycles. The minimum atomic E-state index is -3.85. The Hall–Kier alpha value is -2.21. The Morgan fingerprint density at radius 1 is 1.15 bits per heavy atom. The van der Waals surface area contributed by atoms with Crippen molar-refractivity contribution in [3.63, 3.8) is 0 Å². The molecular formula is C20H18ClNO3S. The largest absolute Gasteiger partial charge is 0.298 e. The number of carbonyl (C=O) groups excluding carboxylic acids is 1. The van der Waals surface area contributed by atoms with Gasteiger partial charge in [0.25, 0.3) is 0 Å². The van der Waals surface area contributed by atoms with Crippen LogP contribution in [-0.4, -0.2) is 25.6 Å². The molecule has 0 N–H and O–H groups in total. The van der Waals surface area contributed by atoms with Gasteiger partial charge in [-0.1, -0.05) is 54.1 Å². The summed E-state index contributed by atoms with van der Waals surface area (Å²) in [5.41, 5.74) is 2.45. The number of carbonyl (C=O) groups is 1. The standard InChI is InChI=1S/C20H18ClNO3S/c1-14-7-9-17(10-8-14)26(24,25)22-12-16(13-23)11-15(2)20(22)18-5-3-4-6-19(18)21/h3-11,13,20H,2,12H2,1H3. The maximum Gasteiger partial charge on any atom is 0.244 e. The number of sulfonamides is 1. The van der Waals surface area contributed by atoms with Crippen LogP contribution in [0.1, 0.15) is 17.2 Å². The van der Waals surface area contributed by atoms with Crippen LogP contribution in [0.15, 0.2) is 77.2 Å². The van der Waals surface area contributed by atoms with Crippen LogP contribution in [-0.2, 0) is 14.8 Å². The highest BCUT2D eigenvalue weighted by Crippen LogP contribution is 2.39. The summed E-state index contributed by atoms with van der Waals surface area (Å²) in [4.78, 5) is 11.5. The summed E-state index contributed by atoms with van der Waals surface area (Å²) in [6.45, 7) is 5.84. The van der Waals surface area contributed by atoms with E-state index in [0.717, 1.165) is 5.56 Å². The van der Waals surface area contributed by atoms with Crippen molar-refractivity contribution in [3.05, 3.63) is 88.5 Å². The number of hydrogen-bond donors (Lipinski definition) is 0. The van der Waals surface area contributed by atoms with Crippen LogP contribution >= 0.6 is 11.6 Å². The molecule has 0 aliphatic carbocycles. The molecule has 0 amide bonds. The number of hydrogen-bond acceptors (Lipinski definition) is 3. The summed E-state index contributed by atoms with van der Waals surface area (Å²) < 4.78 is 27.9. The second-order valence-corrected chi connectivity index (χ2v) is 8.50. The zero-order chi connectivity index (χ0) is 18.9. The normalized spacial score (nSPS) is 18.5. The zero-order valence-corrected chi connectivity index (χ0v) is 15.8. The van der Waals surface area contributed by atoms with Crippen LogP contribution in [0.4, 0.5) is 0 Å². The van der Waals surface area contributed by atoms with Crippen LogP contribution in [0.2, 0.25) is 5.02 Å². The van der Waals surface area contributed by atoms with Gasteiger partial charge in [-0.2, -0.15) is 4.31 Å². The van der Waals surface area contributed by atoms with Crippen LogP contribution in [0.25, 0.3) is 0 Å². The molecule has 3 rings (SSSR count). The van der Waals surface area contributed by atoms with Gasteiger partial charge in [0.15, 0.2) is 0 Å². The topological polar surface area (TPSA) is 54.5 Å². The highest BCUT2D eigenvalue weighted by atomic mass is 35.5. The van der Waals surface area contributed by atoms with E-state index in [1.54, 1.807) is 54.6 Å². The first-order chi connectivity index (χ1) is 12.3. The lowest BCUT2D eigenvalue weighted by Crippen LogP contribution is -2.39. The van der Waals surface area contributed by atoms with Crippen molar-refractivity contribution in [2.24, 2.45) is 0 Å². The lowest BCUT2D eigenvalue weighted by Gasteiger charge is -2.35. The quantitative estimate of drug-likeness (QED) is 0.743. The molecule has 6 heteroatoms. The van der Waals surface area contributed by atoms with Crippen molar-refractivity contribution >= 4 is 27.9 Å². The second-order valence-electron chi connectivity index (χ2n) is 6.20. The van der Waals surface area contributed by atoms with Crippen LogP contribution in [0.5, 0.6) is 0 Å². The third-order valence-corrected chi connectivity index (χ3v) is 6.50. The van der Waals surface area contributed by atoms with Crippen LogP contribution in [0, 0.1) is 6.92 Å². The molecule has 4 nitrogen and oxygen atoms in total. The summed E-state index contributed by atoms with van der Waals surface area (Å²) in [5, 5.41) is 0.450. The first-order valence-electron chi connectivity index (χ1n) is 8.02. The minimum absolute atomic E-state index is 0.0331. The number of aldehydes is 1. The molecule has 26 heavy (non-hydrogen) atoms. The average Bonchev–Trinajstić information content (AvgIpc) is 2.62. The number of halogens is 1. The average molecular weight is 388 g/mol. The van der Waals surface area contributed by atoms with Crippen molar-refractivity contribution in [2.75, 3.05) is 6.54 Å². The molecule has 2 aromatic rings. The molecular weight excluding hydrogens is 370 g/mol. The van der Waals surface area contributed by atoms with Gasteiger partial charge in [0.05, 0.1) is 10.9 Å². The smallest absolute Gasteiger partial charge is 0.244 e. The number of nitrogens with zero attached hydrogens (tertiary/aromatic N) is 1. The molecule has 0 radical (unpaired) electrons. The van der Waals surface area contributed by atoms with Gasteiger partial charge in [-0.25, -0.2) is 8.42 Å². The van der Waals surface area contributed by atoms with E-state index in [9.17, 15) is 13.2 Å². The van der Waals surface area contributed by atoms with Crippen LogP contribution < -0.4 is 0 Å². The van der Waals surface area contributed by atoms with E-state index in [-0.39, 0.29) is 11.4 Å². The molecule has 1 aliphatic heterocycles. The highest BCUT2D eigenvalue weighted by Gasteiger charge is 2.37. The van der Waals surface area contributed by atoms with Gasteiger partial charge < -0.3 is 0 Å². The molecule has 0 aromatic heterocycles. The minimum Gasteiger partial charge on any atom is -0.298 e. The molecule has 0 bridgehead atoms. The second kappa shape index (κ2) is 7.19. The summed E-state index contributed by atoms with van der Waals surface area (Å²) in [7, 11) is -3.85. The fraction of sp³-hybridized carbons (Fsp3) is 0.150. The van der Waals surface area contributed by atoms with Gasteiger partial charge in [0.2, 0.25) is 10.0 Å². The van der Waals surface area contributed by atoms with Gasteiger partial charge in [-0.3, -0.25) is 4.79 Å². The molecule has 0 fully saturated rings. The number of aryl methyl sites for hydroxylation is 1. The predicted octanol–water partition coefficient (Wildman–Crippen LogP) is 4.08. The Bertz CT molecular complexity index is 994. The fourth-order valence-corrected chi connectivity index (χ4v) is 4.85. The lowest BCUT2D eigenvalue weighted by atomic mass is 9.94. The maximum atomic E-state index is 13.3. The first kappa shape index (κ1) is 18.6. The first-order valence-corrected chi connectivity index (χ1v) is 9.84. The molecule has 0 saturated carbocycles. The van der Waals surface area contributed by atoms with Crippen LogP contribution in [0.3, 0.4) is 0 Å². The van der Waals surface area contributed by atoms with E-state index in [4.69, 9.17) is 11.6 Å². The van der Waals surface area contributed by atoms with E-state index >= 15 is 0 Å². The SMILES string of the molecule is C=C1C=C(C=O)CN(S(=O)(=O)c2ccc(C)cc2)C1c1ccccc1Cl. The Labute approximate surface area is 158 Å². The van der Waals surface area contributed by atoms with Crippen molar-refractivity contribution in [3.8, 4) is 0 Å². The Morgan fingerprint density at radius 3 is 2.42 bits per heavy atom. The molecule has 1 aliphatic rings. The van der Waals surface area contributed by atoms with Gasteiger partial charge in [0.1, 0.15) is 6.29 Å². The Morgan fingerprint density at radius 2 is 1.81 bits per heavy atom. The van der Waals surface area contributed by atoms with E-state index < -0.39 is 16.1 Å². The predicted molar refractivity (Wildman–Crippen MR) is 103 cm³/mol. The molecule has 1 atom stereocenters. The fourth-order valence-electron chi connectivity index (χ4n) is 3.01. The van der Waals surface area contributed by atoms with Crippen molar-refractivity contribution in [2.45, 2.75) is 17.9 Å². The summed E-state index contributed by atoms with van der Waals surface area (Å²) >= 11 is 6.32. The maximum absolute atomic E-state index is 13.3. The molecule has 1 unspecified atom stereocenters. The highest BCUT2D eigenvalue weighted by molar-refractivity contribution is 7.89. The van der Waals surface area contributed by atoms with Crippen molar-refractivity contribution in [1.82, 2.24) is 4.31 Å². The van der Waals surface area contributed by atoms with E-state index in [1.165, 1.54) is 4.31 Å². The van der Waals surface area contributed by atoms with Crippen molar-refractivity contribution < 1.29 is 13.2 Å². The van der Waals surface area contributed by atoms with E-state index in [1.807, 2.05) is 6.92 Å². The number of rotatable bonds is 4. The summed E-state index contributed by atoms with van der Waals surface area (Å²) in [6, 6.07) is 13.0. The lowest BCUT2D eigenvalue weighted by molar-refractivity contribution is -0.105. The third-order valence-electron chi connectivity index (χ3n) is 4.33. The zero-order valence-electron chi connectivity index (χ0n) is 14.2. The third kappa shape index (κ3) is 3.38. The Kier molecular flexibility index (Phi) is 5.14. The molecule has 0 spiro atoms. The van der Waals surface area contributed by atoms with Gasteiger partial charge in [-0.15, -0.1) is 0 Å².